The second kappa shape index (κ2) is 4.87. The lowest BCUT2D eigenvalue weighted by Gasteiger charge is -2.13. The highest BCUT2D eigenvalue weighted by Gasteiger charge is 2.21. The molecule has 0 radical (unpaired) electrons. The Morgan fingerprint density at radius 2 is 1.89 bits per heavy atom. The van der Waals surface area contributed by atoms with E-state index < -0.39 is 10.0 Å². The van der Waals surface area contributed by atoms with Crippen molar-refractivity contribution in [2.75, 3.05) is 14.1 Å². The molecule has 0 aliphatic rings. The summed E-state index contributed by atoms with van der Waals surface area (Å²) in [5, 5.41) is 1.12. The van der Waals surface area contributed by atoms with Crippen LogP contribution in [0.1, 0.15) is 0 Å². The van der Waals surface area contributed by atoms with Crippen molar-refractivity contribution < 1.29 is 8.42 Å². The number of fused-ring (bicyclic) bond motifs is 1. The maximum absolute atomic E-state index is 12.1. The van der Waals surface area contributed by atoms with Gasteiger partial charge in [-0.2, -0.15) is 0 Å². The van der Waals surface area contributed by atoms with Crippen LogP contribution in [0.25, 0.3) is 10.9 Å². The molecule has 2 rings (SSSR count). The summed E-state index contributed by atoms with van der Waals surface area (Å²) < 4.78 is 25.3. The smallest absolute Gasteiger partial charge is 0.255 e. The minimum Gasteiger partial charge on any atom is -0.321 e. The molecule has 0 saturated carbocycles. The van der Waals surface area contributed by atoms with Crippen molar-refractivity contribution in [1.29, 1.82) is 0 Å². The van der Waals surface area contributed by atoms with Gasteiger partial charge in [-0.05, 0) is 18.2 Å². The first kappa shape index (κ1) is 14.5. The number of sulfonamides is 1. The second-order valence-corrected chi connectivity index (χ2v) is 7.36. The summed E-state index contributed by atoms with van der Waals surface area (Å²) in [6.45, 7) is 0. The molecule has 1 unspecified atom stereocenters. The second-order valence-electron chi connectivity index (χ2n) is 4.21. The topological polar surface area (TPSA) is 70.2 Å². The van der Waals surface area contributed by atoms with Crippen LogP contribution in [0.2, 0.25) is 5.02 Å². The Morgan fingerprint density at radius 1 is 1.26 bits per heavy atom. The van der Waals surface area contributed by atoms with Crippen molar-refractivity contribution in [3.05, 3.63) is 33.6 Å². The molecule has 0 bridgehead atoms. The molecule has 102 valence electrons. The SMILES string of the molecule is CN(C)S(=O)(=O)c1cc2cc(P)c(=O)[nH]c2cc1Cl. The number of H-pyrrole nitrogens is 1. The van der Waals surface area contributed by atoms with Crippen LogP contribution in [0.4, 0.5) is 0 Å². The summed E-state index contributed by atoms with van der Waals surface area (Å²) in [4.78, 5) is 14.1. The van der Waals surface area contributed by atoms with Gasteiger partial charge in [0.15, 0.2) is 0 Å². The Bertz CT molecular complexity index is 815. The molecule has 5 nitrogen and oxygen atoms in total. The van der Waals surface area contributed by atoms with E-state index in [4.69, 9.17) is 11.6 Å². The van der Waals surface area contributed by atoms with Crippen molar-refractivity contribution >= 4 is 47.1 Å². The summed E-state index contributed by atoms with van der Waals surface area (Å²) in [7, 11) is 1.55. The van der Waals surface area contributed by atoms with Crippen molar-refractivity contribution in [3.8, 4) is 0 Å². The van der Waals surface area contributed by atoms with E-state index in [-0.39, 0.29) is 15.5 Å². The van der Waals surface area contributed by atoms with E-state index in [0.717, 1.165) is 4.31 Å². The number of aromatic amines is 1. The van der Waals surface area contributed by atoms with Crippen molar-refractivity contribution in [2.24, 2.45) is 0 Å². The van der Waals surface area contributed by atoms with Crippen LogP contribution in [0.3, 0.4) is 0 Å². The molecule has 0 saturated heterocycles. The van der Waals surface area contributed by atoms with Crippen molar-refractivity contribution in [1.82, 2.24) is 9.29 Å². The fraction of sp³-hybridized carbons (Fsp3) is 0.182. The molecular formula is C11H12ClN2O3PS. The van der Waals surface area contributed by atoms with Crippen LogP contribution in [0, 0.1) is 0 Å². The summed E-state index contributed by atoms with van der Waals surface area (Å²) in [6.07, 6.45) is 0. The van der Waals surface area contributed by atoms with Gasteiger partial charge in [-0.3, -0.25) is 4.79 Å². The average Bonchev–Trinajstić information content (AvgIpc) is 2.30. The van der Waals surface area contributed by atoms with Gasteiger partial charge in [0.2, 0.25) is 10.0 Å². The molecular weight excluding hydrogens is 307 g/mol. The monoisotopic (exact) mass is 318 g/mol. The highest BCUT2D eigenvalue weighted by Crippen LogP contribution is 2.27. The Morgan fingerprint density at radius 3 is 2.47 bits per heavy atom. The Labute approximate surface area is 117 Å². The first-order chi connectivity index (χ1) is 8.73. The van der Waals surface area contributed by atoms with E-state index in [0.29, 0.717) is 16.2 Å². The lowest BCUT2D eigenvalue weighted by atomic mass is 10.2. The zero-order valence-corrected chi connectivity index (χ0v) is 13.0. The molecule has 8 heteroatoms. The van der Waals surface area contributed by atoms with Crippen LogP contribution in [0.15, 0.2) is 27.9 Å². The van der Waals surface area contributed by atoms with Crippen LogP contribution >= 0.6 is 20.8 Å². The van der Waals surface area contributed by atoms with Crippen LogP contribution in [-0.4, -0.2) is 31.8 Å². The number of rotatable bonds is 2. The zero-order valence-electron chi connectivity index (χ0n) is 10.3. The molecule has 0 spiro atoms. The van der Waals surface area contributed by atoms with Crippen LogP contribution in [-0.2, 0) is 10.0 Å². The molecule has 0 amide bonds. The van der Waals surface area contributed by atoms with Gasteiger partial charge in [0.1, 0.15) is 4.90 Å². The molecule has 0 aliphatic heterocycles. The first-order valence-electron chi connectivity index (χ1n) is 5.28. The van der Waals surface area contributed by atoms with Gasteiger partial charge >= 0.3 is 0 Å². The number of hydrogen-bond donors (Lipinski definition) is 1. The van der Waals surface area contributed by atoms with Gasteiger partial charge in [-0.25, -0.2) is 12.7 Å². The lowest BCUT2D eigenvalue weighted by molar-refractivity contribution is 0.521. The van der Waals surface area contributed by atoms with E-state index in [9.17, 15) is 13.2 Å². The number of nitrogens with zero attached hydrogens (tertiary/aromatic N) is 1. The molecule has 19 heavy (non-hydrogen) atoms. The molecule has 1 N–H and O–H groups in total. The van der Waals surface area contributed by atoms with Crippen LogP contribution < -0.4 is 10.9 Å². The van der Waals surface area contributed by atoms with E-state index in [1.807, 2.05) is 0 Å². The molecule has 1 aromatic carbocycles. The summed E-state index contributed by atoms with van der Waals surface area (Å²) in [5.74, 6) is 0. The fourth-order valence-electron chi connectivity index (χ4n) is 1.62. The molecule has 0 fully saturated rings. The van der Waals surface area contributed by atoms with Gasteiger partial charge in [0.05, 0.1) is 5.02 Å². The third kappa shape index (κ3) is 2.54. The molecule has 1 atom stereocenters. The van der Waals surface area contributed by atoms with Crippen molar-refractivity contribution in [3.63, 3.8) is 0 Å². The Kier molecular flexibility index (Phi) is 3.71. The number of pyridine rings is 1. The normalized spacial score (nSPS) is 12.3. The number of nitrogens with one attached hydrogen (secondary N) is 1. The maximum Gasteiger partial charge on any atom is 0.255 e. The van der Waals surface area contributed by atoms with E-state index in [2.05, 4.69) is 14.2 Å². The minimum atomic E-state index is -3.62. The maximum atomic E-state index is 12.1. The van der Waals surface area contributed by atoms with Gasteiger partial charge in [-0.15, -0.1) is 0 Å². The number of benzene rings is 1. The lowest BCUT2D eigenvalue weighted by Crippen LogP contribution is -2.23. The number of hydrogen-bond acceptors (Lipinski definition) is 3. The molecule has 0 aliphatic carbocycles. The Hall–Kier alpha value is -0.940. The quantitative estimate of drug-likeness (QED) is 0.838. The molecule has 2 aromatic rings. The number of aromatic nitrogens is 1. The van der Waals surface area contributed by atoms with E-state index in [1.54, 1.807) is 6.07 Å². The highest BCUT2D eigenvalue weighted by atomic mass is 35.5. The van der Waals surface area contributed by atoms with Gasteiger partial charge < -0.3 is 4.98 Å². The third-order valence-electron chi connectivity index (χ3n) is 2.68. The summed E-state index contributed by atoms with van der Waals surface area (Å²) in [5.41, 5.74) is 0.246. The van der Waals surface area contributed by atoms with Crippen molar-refractivity contribution in [2.45, 2.75) is 4.90 Å². The summed E-state index contributed by atoms with van der Waals surface area (Å²) in [6, 6.07) is 4.50. The number of halogens is 1. The largest absolute Gasteiger partial charge is 0.321 e. The first-order valence-corrected chi connectivity index (χ1v) is 7.67. The Balaban J connectivity index is 2.83. The van der Waals surface area contributed by atoms with E-state index in [1.165, 1.54) is 26.2 Å². The van der Waals surface area contributed by atoms with Gasteiger partial charge in [-0.1, -0.05) is 20.8 Å². The molecule has 1 aromatic heterocycles. The molecule has 1 heterocycles. The fourth-order valence-corrected chi connectivity index (χ4v) is 3.30. The van der Waals surface area contributed by atoms with Gasteiger partial charge in [0, 0.05) is 30.3 Å². The zero-order chi connectivity index (χ0) is 14.4. The summed E-state index contributed by atoms with van der Waals surface area (Å²) >= 11 is 5.99. The van der Waals surface area contributed by atoms with E-state index >= 15 is 0 Å². The third-order valence-corrected chi connectivity index (χ3v) is 5.39. The standard InChI is InChI=1S/C11H12ClN2O3PS/c1-14(2)19(16,17)10-4-6-3-9(18)11(15)13-8(6)5-7(10)12/h3-5H,18H2,1-2H3,(H,13,15). The predicted molar refractivity (Wildman–Crippen MR) is 79.8 cm³/mol. The predicted octanol–water partition coefficient (Wildman–Crippen LogP) is 0.932. The average molecular weight is 319 g/mol. The van der Waals surface area contributed by atoms with Crippen LogP contribution in [0.5, 0.6) is 0 Å². The highest BCUT2D eigenvalue weighted by molar-refractivity contribution is 7.89. The minimum absolute atomic E-state index is 0.0168. The van der Waals surface area contributed by atoms with Gasteiger partial charge in [0.25, 0.3) is 5.56 Å².